The van der Waals surface area contributed by atoms with E-state index in [-0.39, 0.29) is 5.82 Å². The van der Waals surface area contributed by atoms with Crippen LogP contribution in [0.25, 0.3) is 0 Å². The number of halogens is 1. The second-order valence-corrected chi connectivity index (χ2v) is 4.68. The SMILES string of the molecule is CCCCC(CCC)CNc1ccc(F)cc1. The molecule has 0 saturated carbocycles. The van der Waals surface area contributed by atoms with E-state index in [1.807, 2.05) is 0 Å². The highest BCUT2D eigenvalue weighted by molar-refractivity contribution is 5.42. The fraction of sp³-hybridized carbons (Fsp3) is 0.600. The first-order valence-corrected chi connectivity index (χ1v) is 6.75. The first kappa shape index (κ1) is 14.0. The average molecular weight is 237 g/mol. The summed E-state index contributed by atoms with van der Waals surface area (Å²) in [6.07, 6.45) is 6.36. The van der Waals surface area contributed by atoms with Crippen molar-refractivity contribution < 1.29 is 4.39 Å². The van der Waals surface area contributed by atoms with Crippen LogP contribution in [0.1, 0.15) is 46.0 Å². The van der Waals surface area contributed by atoms with Crippen LogP contribution in [0.3, 0.4) is 0 Å². The number of rotatable bonds is 8. The number of hydrogen-bond donors (Lipinski definition) is 1. The summed E-state index contributed by atoms with van der Waals surface area (Å²) >= 11 is 0. The minimum Gasteiger partial charge on any atom is -0.385 e. The molecule has 0 amide bonds. The average Bonchev–Trinajstić information content (AvgIpc) is 2.35. The predicted molar refractivity (Wildman–Crippen MR) is 72.8 cm³/mol. The van der Waals surface area contributed by atoms with Crippen LogP contribution in [-0.2, 0) is 0 Å². The van der Waals surface area contributed by atoms with Crippen molar-refractivity contribution in [3.8, 4) is 0 Å². The van der Waals surface area contributed by atoms with Crippen molar-refractivity contribution >= 4 is 5.69 Å². The molecule has 1 aromatic carbocycles. The van der Waals surface area contributed by atoms with E-state index in [1.165, 1.54) is 44.2 Å². The molecule has 0 spiro atoms. The van der Waals surface area contributed by atoms with Crippen LogP contribution < -0.4 is 5.32 Å². The smallest absolute Gasteiger partial charge is 0.123 e. The van der Waals surface area contributed by atoms with Crippen molar-refractivity contribution in [2.45, 2.75) is 46.0 Å². The second-order valence-electron chi connectivity index (χ2n) is 4.68. The second kappa shape index (κ2) is 8.10. The Labute approximate surface area is 104 Å². The molecule has 1 N–H and O–H groups in total. The van der Waals surface area contributed by atoms with Crippen molar-refractivity contribution in [1.29, 1.82) is 0 Å². The summed E-state index contributed by atoms with van der Waals surface area (Å²) in [7, 11) is 0. The van der Waals surface area contributed by atoms with E-state index in [4.69, 9.17) is 0 Å². The summed E-state index contributed by atoms with van der Waals surface area (Å²) in [6, 6.07) is 6.61. The zero-order valence-corrected chi connectivity index (χ0v) is 11.0. The third-order valence-corrected chi connectivity index (χ3v) is 3.10. The molecule has 0 aromatic heterocycles. The molecular weight excluding hydrogens is 213 g/mol. The van der Waals surface area contributed by atoms with Gasteiger partial charge in [-0.3, -0.25) is 0 Å². The van der Waals surface area contributed by atoms with E-state index in [2.05, 4.69) is 19.2 Å². The molecular formula is C15H24FN. The number of benzene rings is 1. The van der Waals surface area contributed by atoms with E-state index in [0.29, 0.717) is 0 Å². The molecule has 0 heterocycles. The molecule has 0 bridgehead atoms. The molecule has 0 aliphatic carbocycles. The minimum atomic E-state index is -0.174. The lowest BCUT2D eigenvalue weighted by molar-refractivity contribution is 0.449. The van der Waals surface area contributed by atoms with Gasteiger partial charge in [0.2, 0.25) is 0 Å². The maximum Gasteiger partial charge on any atom is 0.123 e. The fourth-order valence-electron chi connectivity index (χ4n) is 2.08. The Balaban J connectivity index is 2.37. The van der Waals surface area contributed by atoms with E-state index < -0.39 is 0 Å². The van der Waals surface area contributed by atoms with E-state index >= 15 is 0 Å². The van der Waals surface area contributed by atoms with Crippen LogP contribution in [0, 0.1) is 11.7 Å². The third kappa shape index (κ3) is 5.71. The maximum absolute atomic E-state index is 12.7. The summed E-state index contributed by atoms with van der Waals surface area (Å²) in [5, 5.41) is 3.40. The lowest BCUT2D eigenvalue weighted by atomic mass is 9.97. The zero-order chi connectivity index (χ0) is 12.5. The molecule has 1 rings (SSSR count). The van der Waals surface area contributed by atoms with Gasteiger partial charge < -0.3 is 5.32 Å². The summed E-state index contributed by atoms with van der Waals surface area (Å²) < 4.78 is 12.7. The maximum atomic E-state index is 12.7. The number of hydrogen-bond acceptors (Lipinski definition) is 1. The van der Waals surface area contributed by atoms with Gasteiger partial charge in [0.15, 0.2) is 0 Å². The van der Waals surface area contributed by atoms with Gasteiger partial charge in [-0.2, -0.15) is 0 Å². The molecule has 1 nitrogen and oxygen atoms in total. The van der Waals surface area contributed by atoms with Crippen LogP contribution in [0.5, 0.6) is 0 Å². The lowest BCUT2D eigenvalue weighted by Gasteiger charge is -2.17. The molecule has 0 aliphatic heterocycles. The quantitative estimate of drug-likeness (QED) is 0.682. The topological polar surface area (TPSA) is 12.0 Å². The molecule has 0 aliphatic rings. The van der Waals surface area contributed by atoms with E-state index in [1.54, 1.807) is 12.1 Å². The van der Waals surface area contributed by atoms with E-state index in [9.17, 15) is 4.39 Å². The Morgan fingerprint density at radius 1 is 1.06 bits per heavy atom. The largest absolute Gasteiger partial charge is 0.385 e. The number of unbranched alkanes of at least 4 members (excludes halogenated alkanes) is 1. The number of nitrogens with one attached hydrogen (secondary N) is 1. The summed E-state index contributed by atoms with van der Waals surface area (Å²) in [6.45, 7) is 5.46. The van der Waals surface area contributed by atoms with Crippen LogP contribution in [0.2, 0.25) is 0 Å². The Morgan fingerprint density at radius 2 is 1.76 bits per heavy atom. The summed E-state index contributed by atoms with van der Waals surface area (Å²) in [5.74, 6) is 0.566. The Bertz CT molecular complexity index is 294. The molecule has 0 radical (unpaired) electrons. The van der Waals surface area contributed by atoms with Gasteiger partial charge in [-0.15, -0.1) is 0 Å². The monoisotopic (exact) mass is 237 g/mol. The molecule has 0 fully saturated rings. The van der Waals surface area contributed by atoms with Gasteiger partial charge in [0.05, 0.1) is 0 Å². The molecule has 1 aromatic rings. The lowest BCUT2D eigenvalue weighted by Crippen LogP contribution is -2.14. The Kier molecular flexibility index (Phi) is 6.68. The van der Waals surface area contributed by atoms with Crippen LogP contribution in [-0.4, -0.2) is 6.54 Å². The van der Waals surface area contributed by atoms with Gasteiger partial charge in [-0.25, -0.2) is 4.39 Å². The minimum absolute atomic E-state index is 0.174. The van der Waals surface area contributed by atoms with Gasteiger partial charge in [0.25, 0.3) is 0 Å². The van der Waals surface area contributed by atoms with E-state index in [0.717, 1.165) is 18.2 Å². The summed E-state index contributed by atoms with van der Waals surface area (Å²) in [4.78, 5) is 0. The molecule has 17 heavy (non-hydrogen) atoms. The highest BCUT2D eigenvalue weighted by atomic mass is 19.1. The molecule has 1 unspecified atom stereocenters. The molecule has 96 valence electrons. The van der Waals surface area contributed by atoms with Gasteiger partial charge in [0.1, 0.15) is 5.82 Å². The van der Waals surface area contributed by atoms with Gasteiger partial charge in [-0.1, -0.05) is 33.1 Å². The molecule has 1 atom stereocenters. The zero-order valence-electron chi connectivity index (χ0n) is 11.0. The highest BCUT2D eigenvalue weighted by Gasteiger charge is 2.06. The Hall–Kier alpha value is -1.05. The van der Waals surface area contributed by atoms with Crippen molar-refractivity contribution in [3.63, 3.8) is 0 Å². The predicted octanol–water partition coefficient (Wildman–Crippen LogP) is 4.84. The molecule has 2 heteroatoms. The number of anilines is 1. The third-order valence-electron chi connectivity index (χ3n) is 3.10. The standard InChI is InChI=1S/C15H24FN/c1-3-5-7-13(6-4-2)12-17-15-10-8-14(16)9-11-15/h8-11,13,17H,3-7,12H2,1-2H3. The fourth-order valence-corrected chi connectivity index (χ4v) is 2.08. The van der Waals surface area contributed by atoms with Gasteiger partial charge in [-0.05, 0) is 43.0 Å². The van der Waals surface area contributed by atoms with Crippen LogP contribution in [0.15, 0.2) is 24.3 Å². The van der Waals surface area contributed by atoms with Crippen molar-refractivity contribution in [1.82, 2.24) is 0 Å². The summed E-state index contributed by atoms with van der Waals surface area (Å²) in [5.41, 5.74) is 1.02. The first-order valence-electron chi connectivity index (χ1n) is 6.75. The van der Waals surface area contributed by atoms with Crippen molar-refractivity contribution in [3.05, 3.63) is 30.1 Å². The Morgan fingerprint density at radius 3 is 2.35 bits per heavy atom. The molecule has 0 saturated heterocycles. The van der Waals surface area contributed by atoms with Gasteiger partial charge in [0, 0.05) is 12.2 Å². The highest BCUT2D eigenvalue weighted by Crippen LogP contribution is 2.16. The normalized spacial score (nSPS) is 12.4. The van der Waals surface area contributed by atoms with Crippen molar-refractivity contribution in [2.75, 3.05) is 11.9 Å². The van der Waals surface area contributed by atoms with Crippen LogP contribution in [0.4, 0.5) is 10.1 Å². The first-order chi connectivity index (χ1) is 8.26. The van der Waals surface area contributed by atoms with Gasteiger partial charge >= 0.3 is 0 Å². The van der Waals surface area contributed by atoms with Crippen LogP contribution >= 0.6 is 0 Å². The van der Waals surface area contributed by atoms with Crippen molar-refractivity contribution in [2.24, 2.45) is 5.92 Å².